The lowest BCUT2D eigenvalue weighted by atomic mass is 10.2. The van der Waals surface area contributed by atoms with Crippen molar-refractivity contribution in [1.29, 1.82) is 0 Å². The molecule has 0 atom stereocenters. The van der Waals surface area contributed by atoms with E-state index < -0.39 is 4.92 Å². The second kappa shape index (κ2) is 6.12. The van der Waals surface area contributed by atoms with E-state index in [9.17, 15) is 14.9 Å². The van der Waals surface area contributed by atoms with E-state index in [0.717, 1.165) is 0 Å². The molecule has 1 N–H and O–H groups in total. The van der Waals surface area contributed by atoms with Crippen LogP contribution in [0.3, 0.4) is 0 Å². The minimum atomic E-state index is -0.483. The zero-order chi connectivity index (χ0) is 14.5. The Morgan fingerprint density at radius 1 is 1.40 bits per heavy atom. The minimum absolute atomic E-state index is 0.0174. The summed E-state index contributed by atoms with van der Waals surface area (Å²) in [5, 5.41) is 13.6. The minimum Gasteiger partial charge on any atom is -0.348 e. The molecular formula is C13H10ClN3O3. The van der Waals surface area contributed by atoms with Crippen molar-refractivity contribution >= 4 is 23.2 Å². The zero-order valence-electron chi connectivity index (χ0n) is 10.2. The third-order valence-electron chi connectivity index (χ3n) is 2.59. The number of carbonyl (C=O) groups excluding carboxylic acids is 1. The number of nitro benzene ring substituents is 1. The highest BCUT2D eigenvalue weighted by Gasteiger charge is 2.11. The number of nitrogens with zero attached hydrogens (tertiary/aromatic N) is 2. The van der Waals surface area contributed by atoms with Crippen LogP contribution in [0.1, 0.15) is 15.9 Å². The van der Waals surface area contributed by atoms with Gasteiger partial charge in [0.05, 0.1) is 15.5 Å². The van der Waals surface area contributed by atoms with Crippen molar-refractivity contribution in [3.8, 4) is 0 Å². The van der Waals surface area contributed by atoms with Gasteiger partial charge in [0.25, 0.3) is 11.6 Å². The van der Waals surface area contributed by atoms with Gasteiger partial charge in [0.2, 0.25) is 0 Å². The van der Waals surface area contributed by atoms with Crippen molar-refractivity contribution in [2.45, 2.75) is 6.54 Å². The lowest BCUT2D eigenvalue weighted by molar-refractivity contribution is -0.384. The fourth-order valence-electron chi connectivity index (χ4n) is 1.60. The van der Waals surface area contributed by atoms with Gasteiger partial charge < -0.3 is 5.32 Å². The van der Waals surface area contributed by atoms with Gasteiger partial charge in [-0.25, -0.2) is 0 Å². The standard InChI is InChI=1S/C13H10ClN3O3/c14-12-4-5-15-8-11(12)13(18)16-7-9-2-1-3-10(6-9)17(19)20/h1-6,8H,7H2,(H,16,18). The van der Waals surface area contributed by atoms with Crippen molar-refractivity contribution in [1.82, 2.24) is 10.3 Å². The van der Waals surface area contributed by atoms with Crippen LogP contribution in [-0.2, 0) is 6.54 Å². The molecule has 7 heteroatoms. The van der Waals surface area contributed by atoms with Gasteiger partial charge in [0.1, 0.15) is 0 Å². The molecule has 20 heavy (non-hydrogen) atoms. The Balaban J connectivity index is 2.06. The number of pyridine rings is 1. The van der Waals surface area contributed by atoms with Crippen LogP contribution in [-0.4, -0.2) is 15.8 Å². The predicted octanol–water partition coefficient (Wildman–Crippen LogP) is 2.57. The van der Waals surface area contributed by atoms with Gasteiger partial charge in [-0.15, -0.1) is 0 Å². The number of rotatable bonds is 4. The van der Waals surface area contributed by atoms with Gasteiger partial charge >= 0.3 is 0 Å². The molecule has 0 unspecified atom stereocenters. The Kier molecular flexibility index (Phi) is 4.27. The van der Waals surface area contributed by atoms with Crippen molar-refractivity contribution in [3.63, 3.8) is 0 Å². The number of hydrogen-bond donors (Lipinski definition) is 1. The molecule has 0 aliphatic rings. The quantitative estimate of drug-likeness (QED) is 0.693. The Morgan fingerprint density at radius 3 is 2.90 bits per heavy atom. The Bertz CT molecular complexity index is 661. The molecule has 1 heterocycles. The molecule has 2 aromatic rings. The maximum Gasteiger partial charge on any atom is 0.269 e. The summed E-state index contributed by atoms with van der Waals surface area (Å²) in [5.41, 5.74) is 0.878. The molecule has 2 rings (SSSR count). The molecule has 0 saturated carbocycles. The maximum absolute atomic E-state index is 11.9. The molecule has 0 radical (unpaired) electrons. The molecule has 0 aliphatic carbocycles. The Hall–Kier alpha value is -2.47. The third-order valence-corrected chi connectivity index (χ3v) is 2.92. The van der Waals surface area contributed by atoms with Gasteiger partial charge in [0.15, 0.2) is 0 Å². The highest BCUT2D eigenvalue weighted by molar-refractivity contribution is 6.33. The van der Waals surface area contributed by atoms with Crippen LogP contribution in [0.25, 0.3) is 0 Å². The summed E-state index contributed by atoms with van der Waals surface area (Å²) in [6.45, 7) is 0.172. The van der Waals surface area contributed by atoms with Crippen molar-refractivity contribution < 1.29 is 9.72 Å². The summed E-state index contributed by atoms with van der Waals surface area (Å²) >= 11 is 5.88. The van der Waals surface area contributed by atoms with E-state index in [-0.39, 0.29) is 23.7 Å². The van der Waals surface area contributed by atoms with E-state index in [1.54, 1.807) is 12.1 Å². The average Bonchev–Trinajstić information content (AvgIpc) is 2.45. The number of nitro groups is 1. The fraction of sp³-hybridized carbons (Fsp3) is 0.0769. The molecular weight excluding hydrogens is 282 g/mol. The molecule has 0 fully saturated rings. The highest BCUT2D eigenvalue weighted by Crippen LogP contribution is 2.15. The molecule has 0 saturated heterocycles. The normalized spacial score (nSPS) is 10.1. The van der Waals surface area contributed by atoms with Crippen LogP contribution in [0, 0.1) is 10.1 Å². The van der Waals surface area contributed by atoms with E-state index in [1.165, 1.54) is 30.6 Å². The van der Waals surface area contributed by atoms with Crippen LogP contribution < -0.4 is 5.32 Å². The summed E-state index contributed by atoms with van der Waals surface area (Å²) < 4.78 is 0. The second-order valence-electron chi connectivity index (χ2n) is 3.97. The van der Waals surface area contributed by atoms with Crippen LogP contribution in [0.4, 0.5) is 5.69 Å². The van der Waals surface area contributed by atoms with E-state index >= 15 is 0 Å². The first-order valence-corrected chi connectivity index (χ1v) is 6.07. The van der Waals surface area contributed by atoms with Crippen molar-refractivity contribution in [2.75, 3.05) is 0 Å². The largest absolute Gasteiger partial charge is 0.348 e. The van der Waals surface area contributed by atoms with Gasteiger partial charge in [-0.05, 0) is 11.6 Å². The summed E-state index contributed by atoms with van der Waals surface area (Å²) in [6.07, 6.45) is 2.85. The van der Waals surface area contributed by atoms with E-state index in [0.29, 0.717) is 10.6 Å². The number of nitrogens with one attached hydrogen (secondary N) is 1. The summed E-state index contributed by atoms with van der Waals surface area (Å²) in [4.78, 5) is 25.9. The number of carbonyl (C=O) groups is 1. The Morgan fingerprint density at radius 2 is 2.20 bits per heavy atom. The van der Waals surface area contributed by atoms with Crippen molar-refractivity contribution in [3.05, 3.63) is 69.0 Å². The van der Waals surface area contributed by atoms with E-state index in [1.807, 2.05) is 0 Å². The summed E-state index contributed by atoms with van der Waals surface area (Å²) in [7, 11) is 0. The van der Waals surface area contributed by atoms with Crippen LogP contribution in [0.2, 0.25) is 5.02 Å². The molecule has 0 spiro atoms. The molecule has 1 aromatic heterocycles. The molecule has 0 aliphatic heterocycles. The first-order chi connectivity index (χ1) is 9.58. The van der Waals surface area contributed by atoms with Gasteiger partial charge in [-0.2, -0.15) is 0 Å². The van der Waals surface area contributed by atoms with Gasteiger partial charge in [0, 0.05) is 31.1 Å². The number of aromatic nitrogens is 1. The second-order valence-corrected chi connectivity index (χ2v) is 4.37. The molecule has 1 aromatic carbocycles. The van der Waals surface area contributed by atoms with Crippen LogP contribution in [0.5, 0.6) is 0 Å². The van der Waals surface area contributed by atoms with E-state index in [2.05, 4.69) is 10.3 Å². The molecule has 0 bridgehead atoms. The number of non-ortho nitro benzene ring substituents is 1. The van der Waals surface area contributed by atoms with E-state index in [4.69, 9.17) is 11.6 Å². The SMILES string of the molecule is O=C(NCc1cccc([N+](=O)[O-])c1)c1cnccc1Cl. The predicted molar refractivity (Wildman–Crippen MR) is 73.5 cm³/mol. The molecule has 1 amide bonds. The first-order valence-electron chi connectivity index (χ1n) is 5.69. The fourth-order valence-corrected chi connectivity index (χ4v) is 1.79. The highest BCUT2D eigenvalue weighted by atomic mass is 35.5. The zero-order valence-corrected chi connectivity index (χ0v) is 11.0. The van der Waals surface area contributed by atoms with Gasteiger partial charge in [-0.3, -0.25) is 19.9 Å². The lowest BCUT2D eigenvalue weighted by Gasteiger charge is -2.06. The number of halogens is 1. The number of amides is 1. The van der Waals surface area contributed by atoms with Crippen LogP contribution >= 0.6 is 11.6 Å². The topological polar surface area (TPSA) is 85.1 Å². The molecule has 102 valence electrons. The smallest absolute Gasteiger partial charge is 0.269 e. The summed E-state index contributed by atoms with van der Waals surface area (Å²) in [5.74, 6) is -0.380. The third kappa shape index (κ3) is 3.30. The van der Waals surface area contributed by atoms with Gasteiger partial charge in [-0.1, -0.05) is 23.7 Å². The maximum atomic E-state index is 11.9. The lowest BCUT2D eigenvalue weighted by Crippen LogP contribution is -2.23. The monoisotopic (exact) mass is 291 g/mol. The Labute approximate surface area is 119 Å². The van der Waals surface area contributed by atoms with Crippen LogP contribution in [0.15, 0.2) is 42.7 Å². The van der Waals surface area contributed by atoms with Crippen molar-refractivity contribution in [2.24, 2.45) is 0 Å². The summed E-state index contributed by atoms with van der Waals surface area (Å²) in [6, 6.07) is 7.58. The number of hydrogen-bond acceptors (Lipinski definition) is 4. The molecule has 6 nitrogen and oxygen atoms in total. The number of benzene rings is 1. The average molecular weight is 292 g/mol. The first kappa shape index (κ1) is 14.0.